The zero-order valence-corrected chi connectivity index (χ0v) is 11.8. The number of halogens is 1. The van der Waals surface area contributed by atoms with Gasteiger partial charge in [-0.1, -0.05) is 23.4 Å². The molecule has 0 aliphatic heterocycles. The van der Waals surface area contributed by atoms with E-state index >= 15 is 0 Å². The van der Waals surface area contributed by atoms with Gasteiger partial charge in [0.1, 0.15) is 5.25 Å². The molecule has 0 aliphatic rings. The third-order valence-corrected chi connectivity index (χ3v) is 4.76. The summed E-state index contributed by atoms with van der Waals surface area (Å²) >= 11 is 8.10. The van der Waals surface area contributed by atoms with Crippen LogP contribution in [0.5, 0.6) is 0 Å². The molecule has 1 aromatic heterocycles. The molecule has 1 unspecified atom stereocenters. The first-order chi connectivity index (χ1) is 8.95. The number of aliphatic carboxylic acids is 2. The Labute approximate surface area is 121 Å². The molecule has 0 spiro atoms. The van der Waals surface area contributed by atoms with Crippen LogP contribution in [0.4, 0.5) is 0 Å². The topological polar surface area (TPSA) is 87.5 Å². The van der Waals surface area contributed by atoms with Crippen molar-refractivity contribution in [2.75, 3.05) is 0 Å². The molecule has 0 saturated carbocycles. The molecule has 0 fully saturated rings. The Morgan fingerprint density at radius 1 is 1.42 bits per heavy atom. The van der Waals surface area contributed by atoms with Gasteiger partial charge in [-0.05, 0) is 18.2 Å². The number of hydrogen-bond acceptors (Lipinski definition) is 5. The second kappa shape index (κ2) is 5.77. The summed E-state index contributed by atoms with van der Waals surface area (Å²) in [6.45, 7) is 0. The van der Waals surface area contributed by atoms with Gasteiger partial charge in [0, 0.05) is 5.02 Å². The number of rotatable bonds is 5. The molecule has 0 amide bonds. The molecule has 8 heteroatoms. The second-order valence-corrected chi connectivity index (χ2v) is 6.55. The van der Waals surface area contributed by atoms with E-state index < -0.39 is 23.6 Å². The van der Waals surface area contributed by atoms with Crippen LogP contribution >= 0.6 is 34.7 Å². The summed E-state index contributed by atoms with van der Waals surface area (Å²) in [5.41, 5.74) is 0.680. The number of aromatic nitrogens is 1. The number of thiazole rings is 1. The molecular formula is C11H8ClNO4S2. The number of fused-ring (bicyclic) bond motifs is 1. The first-order valence-corrected chi connectivity index (χ1v) is 7.20. The van der Waals surface area contributed by atoms with E-state index in [-0.39, 0.29) is 0 Å². The molecule has 1 atom stereocenters. The average Bonchev–Trinajstić information content (AvgIpc) is 2.68. The number of benzene rings is 1. The Balaban J connectivity index is 2.23. The quantitative estimate of drug-likeness (QED) is 0.824. The van der Waals surface area contributed by atoms with Crippen LogP contribution in [0.1, 0.15) is 6.42 Å². The van der Waals surface area contributed by atoms with E-state index in [1.165, 1.54) is 11.3 Å². The molecule has 1 aromatic carbocycles. The summed E-state index contributed by atoms with van der Waals surface area (Å²) in [6.07, 6.45) is -0.448. The lowest BCUT2D eigenvalue weighted by molar-refractivity contribution is -0.142. The molecule has 100 valence electrons. The van der Waals surface area contributed by atoms with Crippen LogP contribution in [0.3, 0.4) is 0 Å². The highest BCUT2D eigenvalue weighted by atomic mass is 35.5. The van der Waals surface area contributed by atoms with E-state index in [2.05, 4.69) is 4.98 Å². The Bertz CT molecular complexity index is 643. The Hall–Kier alpha value is -1.31. The molecule has 19 heavy (non-hydrogen) atoms. The molecule has 5 nitrogen and oxygen atoms in total. The van der Waals surface area contributed by atoms with Crippen LogP contribution in [0, 0.1) is 0 Å². The molecular weight excluding hydrogens is 310 g/mol. The number of carboxylic acids is 2. The largest absolute Gasteiger partial charge is 0.481 e. The van der Waals surface area contributed by atoms with Crippen LogP contribution in [-0.4, -0.2) is 32.4 Å². The average molecular weight is 318 g/mol. The maximum Gasteiger partial charge on any atom is 0.317 e. The van der Waals surface area contributed by atoms with Crippen LogP contribution in [0.15, 0.2) is 22.5 Å². The zero-order valence-electron chi connectivity index (χ0n) is 9.37. The minimum atomic E-state index is -1.16. The third-order valence-electron chi connectivity index (χ3n) is 2.21. The van der Waals surface area contributed by atoms with E-state index in [1.807, 2.05) is 0 Å². The molecule has 2 aromatic rings. The number of carbonyl (C=O) groups is 2. The molecule has 0 saturated heterocycles. The Morgan fingerprint density at radius 2 is 2.16 bits per heavy atom. The number of carboxylic acid groups (broad SMARTS) is 2. The molecule has 2 rings (SSSR count). The minimum Gasteiger partial charge on any atom is -0.481 e. The molecule has 2 N–H and O–H groups in total. The normalized spacial score (nSPS) is 12.5. The van der Waals surface area contributed by atoms with Crippen LogP contribution in [-0.2, 0) is 9.59 Å². The van der Waals surface area contributed by atoms with E-state index in [0.717, 1.165) is 16.5 Å². The summed E-state index contributed by atoms with van der Waals surface area (Å²) in [5.74, 6) is -2.31. The Morgan fingerprint density at radius 3 is 2.79 bits per heavy atom. The van der Waals surface area contributed by atoms with Gasteiger partial charge < -0.3 is 10.2 Å². The van der Waals surface area contributed by atoms with Gasteiger partial charge in [0.15, 0.2) is 4.34 Å². The van der Waals surface area contributed by atoms with Crippen molar-refractivity contribution in [1.82, 2.24) is 4.98 Å². The van der Waals surface area contributed by atoms with Gasteiger partial charge in [0.2, 0.25) is 0 Å². The van der Waals surface area contributed by atoms with E-state index in [0.29, 0.717) is 14.9 Å². The summed E-state index contributed by atoms with van der Waals surface area (Å²) < 4.78 is 1.40. The van der Waals surface area contributed by atoms with E-state index in [9.17, 15) is 9.59 Å². The fraction of sp³-hybridized carbons (Fsp3) is 0.182. The number of nitrogens with zero attached hydrogens (tertiary/aromatic N) is 1. The number of thioether (sulfide) groups is 1. The SMILES string of the molecule is O=C(O)CC(Sc1nc2cc(Cl)ccc2s1)C(=O)O. The van der Waals surface area contributed by atoms with Gasteiger partial charge in [-0.2, -0.15) is 0 Å². The van der Waals surface area contributed by atoms with Crippen LogP contribution in [0.2, 0.25) is 5.02 Å². The molecule has 1 heterocycles. The van der Waals surface area contributed by atoms with Gasteiger partial charge in [-0.15, -0.1) is 11.3 Å². The summed E-state index contributed by atoms with van der Waals surface area (Å²) in [6, 6.07) is 5.21. The standard InChI is InChI=1S/C11H8ClNO4S2/c12-5-1-2-7-6(3-5)13-11(18-7)19-8(10(16)17)4-9(14)15/h1-3,8H,4H2,(H,14,15)(H,16,17). The predicted octanol–water partition coefficient (Wildman–Crippen LogP) is 2.97. The van der Waals surface area contributed by atoms with Crippen molar-refractivity contribution in [3.8, 4) is 0 Å². The summed E-state index contributed by atoms with van der Waals surface area (Å²) in [7, 11) is 0. The van der Waals surface area contributed by atoms with Crippen molar-refractivity contribution in [2.45, 2.75) is 16.0 Å². The van der Waals surface area contributed by atoms with Gasteiger partial charge in [0.05, 0.1) is 16.6 Å². The third kappa shape index (κ3) is 3.59. The van der Waals surface area contributed by atoms with Gasteiger partial charge in [-0.25, -0.2) is 4.98 Å². The van der Waals surface area contributed by atoms with Crippen molar-refractivity contribution < 1.29 is 19.8 Å². The second-order valence-electron chi connectivity index (χ2n) is 3.63. The summed E-state index contributed by atoms with van der Waals surface area (Å²) in [4.78, 5) is 25.8. The first kappa shape index (κ1) is 14.1. The van der Waals surface area contributed by atoms with Crippen LogP contribution < -0.4 is 0 Å². The molecule has 0 bridgehead atoms. The molecule has 0 radical (unpaired) electrons. The summed E-state index contributed by atoms with van der Waals surface area (Å²) in [5, 5.41) is 17.2. The van der Waals surface area contributed by atoms with Crippen molar-refractivity contribution in [1.29, 1.82) is 0 Å². The lowest BCUT2D eigenvalue weighted by atomic mass is 10.3. The molecule has 0 aliphatic carbocycles. The van der Waals surface area contributed by atoms with Gasteiger partial charge >= 0.3 is 11.9 Å². The lowest BCUT2D eigenvalue weighted by Crippen LogP contribution is -2.20. The van der Waals surface area contributed by atoms with Gasteiger partial charge in [-0.3, -0.25) is 9.59 Å². The van der Waals surface area contributed by atoms with Crippen LogP contribution in [0.25, 0.3) is 10.2 Å². The smallest absolute Gasteiger partial charge is 0.317 e. The Kier molecular flexibility index (Phi) is 4.28. The highest BCUT2D eigenvalue weighted by Gasteiger charge is 2.23. The predicted molar refractivity (Wildman–Crippen MR) is 74.2 cm³/mol. The van der Waals surface area contributed by atoms with Gasteiger partial charge in [0.25, 0.3) is 0 Å². The van der Waals surface area contributed by atoms with E-state index in [4.69, 9.17) is 21.8 Å². The zero-order chi connectivity index (χ0) is 14.0. The highest BCUT2D eigenvalue weighted by molar-refractivity contribution is 8.02. The maximum absolute atomic E-state index is 11.0. The van der Waals surface area contributed by atoms with Crippen molar-refractivity contribution in [2.24, 2.45) is 0 Å². The van der Waals surface area contributed by atoms with Crippen molar-refractivity contribution >= 4 is 56.9 Å². The number of hydrogen-bond donors (Lipinski definition) is 2. The minimum absolute atomic E-state index is 0.448. The van der Waals surface area contributed by atoms with Crippen molar-refractivity contribution in [3.63, 3.8) is 0 Å². The maximum atomic E-state index is 11.0. The van der Waals surface area contributed by atoms with Crippen molar-refractivity contribution in [3.05, 3.63) is 23.2 Å². The monoisotopic (exact) mass is 317 g/mol. The lowest BCUT2D eigenvalue weighted by Gasteiger charge is -2.06. The highest BCUT2D eigenvalue weighted by Crippen LogP contribution is 2.34. The fourth-order valence-corrected chi connectivity index (χ4v) is 3.76. The fourth-order valence-electron chi connectivity index (χ4n) is 1.39. The van der Waals surface area contributed by atoms with E-state index in [1.54, 1.807) is 18.2 Å². The first-order valence-electron chi connectivity index (χ1n) is 5.13.